The summed E-state index contributed by atoms with van der Waals surface area (Å²) in [6.45, 7) is 6.69. The van der Waals surface area contributed by atoms with E-state index in [-0.39, 0.29) is 12.1 Å². The molecule has 2 N–H and O–H groups in total. The second-order valence-corrected chi connectivity index (χ2v) is 8.66. The van der Waals surface area contributed by atoms with Gasteiger partial charge in [0.15, 0.2) is 5.65 Å². The van der Waals surface area contributed by atoms with E-state index < -0.39 is 5.60 Å². The van der Waals surface area contributed by atoms with Crippen molar-refractivity contribution in [2.45, 2.75) is 45.3 Å². The Morgan fingerprint density at radius 3 is 2.68 bits per heavy atom. The molecule has 160 valence electrons. The molecular weight excluding hydrogens is 394 g/mol. The summed E-state index contributed by atoms with van der Waals surface area (Å²) in [5.74, 6) is 0.343. The van der Waals surface area contributed by atoms with Gasteiger partial charge in [0.25, 0.3) is 0 Å². The predicted molar refractivity (Wildman–Crippen MR) is 116 cm³/mol. The molecule has 1 amide bonds. The number of benzene rings is 1. The van der Waals surface area contributed by atoms with Gasteiger partial charge in [0, 0.05) is 18.7 Å². The highest BCUT2D eigenvalue weighted by Gasteiger charge is 2.31. The van der Waals surface area contributed by atoms with Crippen LogP contribution in [0.5, 0.6) is 0 Å². The monoisotopic (exact) mass is 419 g/mol. The normalized spacial score (nSPS) is 16.8. The standard InChI is InChI=1S/C22H25N7O2/c1-22(2,3)31-21(30)28-10-4-5-16(12-28)29-20-17(19(24)25-13-26-20)18(27-29)15-8-6-14(11-23)7-9-15/h6-9,13,16H,4-5,10,12H2,1-3H3,(H2,24,25,26)/t16-/m1/s1. The lowest BCUT2D eigenvalue weighted by molar-refractivity contribution is 0.0169. The molecular formula is C22H25N7O2. The molecule has 0 saturated carbocycles. The highest BCUT2D eigenvalue weighted by Crippen LogP contribution is 2.34. The molecule has 0 radical (unpaired) electrons. The van der Waals surface area contributed by atoms with Crippen molar-refractivity contribution < 1.29 is 9.53 Å². The number of anilines is 1. The molecule has 2 aromatic heterocycles. The molecule has 0 aliphatic carbocycles. The summed E-state index contributed by atoms with van der Waals surface area (Å²) in [4.78, 5) is 22.9. The van der Waals surface area contributed by atoms with Crippen LogP contribution in [0.25, 0.3) is 22.3 Å². The number of aromatic nitrogens is 4. The number of amides is 1. The number of nitrogens with zero attached hydrogens (tertiary/aromatic N) is 6. The Bertz CT molecular complexity index is 1160. The van der Waals surface area contributed by atoms with E-state index in [9.17, 15) is 4.79 Å². The Balaban J connectivity index is 1.72. The second-order valence-electron chi connectivity index (χ2n) is 8.66. The van der Waals surface area contributed by atoms with E-state index in [1.807, 2.05) is 37.6 Å². The number of nitriles is 1. The van der Waals surface area contributed by atoms with Crippen LogP contribution in [-0.4, -0.2) is 49.4 Å². The van der Waals surface area contributed by atoms with E-state index in [1.165, 1.54) is 6.33 Å². The van der Waals surface area contributed by atoms with Gasteiger partial charge >= 0.3 is 6.09 Å². The van der Waals surface area contributed by atoms with Gasteiger partial charge < -0.3 is 15.4 Å². The van der Waals surface area contributed by atoms with Crippen molar-refractivity contribution in [3.05, 3.63) is 36.2 Å². The predicted octanol–water partition coefficient (Wildman–Crippen LogP) is 3.52. The molecule has 0 bridgehead atoms. The SMILES string of the molecule is CC(C)(C)OC(=O)N1CCC[C@@H](n2nc(-c3ccc(C#N)cc3)c3c(N)ncnc32)C1. The van der Waals surface area contributed by atoms with Crippen LogP contribution < -0.4 is 5.73 Å². The third-order valence-electron chi connectivity index (χ3n) is 5.20. The molecule has 31 heavy (non-hydrogen) atoms. The Kier molecular flexibility index (Phi) is 5.23. The van der Waals surface area contributed by atoms with Crippen LogP contribution in [0.3, 0.4) is 0 Å². The first kappa shape index (κ1) is 20.6. The van der Waals surface area contributed by atoms with Crippen molar-refractivity contribution in [1.82, 2.24) is 24.6 Å². The van der Waals surface area contributed by atoms with E-state index in [0.29, 0.717) is 41.2 Å². The Morgan fingerprint density at radius 1 is 1.26 bits per heavy atom. The molecule has 3 heterocycles. The summed E-state index contributed by atoms with van der Waals surface area (Å²) in [6.07, 6.45) is 2.78. The number of carbonyl (C=O) groups excluding carboxylic acids is 1. The third kappa shape index (κ3) is 4.14. The van der Waals surface area contributed by atoms with Crippen LogP contribution in [0, 0.1) is 11.3 Å². The Hall–Kier alpha value is -3.67. The van der Waals surface area contributed by atoms with Crippen LogP contribution in [0.4, 0.5) is 10.6 Å². The van der Waals surface area contributed by atoms with Crippen molar-refractivity contribution >= 4 is 22.9 Å². The zero-order valence-electron chi connectivity index (χ0n) is 17.9. The first-order valence-electron chi connectivity index (χ1n) is 10.2. The molecule has 1 aliphatic heterocycles. The van der Waals surface area contributed by atoms with E-state index in [1.54, 1.807) is 17.0 Å². The molecule has 1 aliphatic rings. The van der Waals surface area contributed by atoms with Crippen LogP contribution >= 0.6 is 0 Å². The largest absolute Gasteiger partial charge is 0.444 e. The molecule has 1 fully saturated rings. The molecule has 0 spiro atoms. The molecule has 0 unspecified atom stereocenters. The van der Waals surface area contributed by atoms with Gasteiger partial charge in [0.1, 0.15) is 23.4 Å². The van der Waals surface area contributed by atoms with Crippen LogP contribution in [-0.2, 0) is 4.74 Å². The molecule has 9 nitrogen and oxygen atoms in total. The van der Waals surface area contributed by atoms with Gasteiger partial charge in [-0.05, 0) is 45.7 Å². The Morgan fingerprint density at radius 2 is 2.00 bits per heavy atom. The van der Waals surface area contributed by atoms with Gasteiger partial charge in [0.2, 0.25) is 0 Å². The number of likely N-dealkylation sites (tertiary alicyclic amines) is 1. The van der Waals surface area contributed by atoms with Gasteiger partial charge in [0.05, 0.1) is 23.1 Å². The van der Waals surface area contributed by atoms with Crippen molar-refractivity contribution in [2.24, 2.45) is 0 Å². The molecule has 4 rings (SSSR count). The zero-order valence-corrected chi connectivity index (χ0v) is 17.9. The average molecular weight is 419 g/mol. The number of rotatable bonds is 2. The first-order valence-corrected chi connectivity index (χ1v) is 10.2. The quantitative estimate of drug-likeness (QED) is 0.674. The van der Waals surface area contributed by atoms with Crippen molar-refractivity contribution in [3.63, 3.8) is 0 Å². The van der Waals surface area contributed by atoms with Crippen LogP contribution in [0.15, 0.2) is 30.6 Å². The van der Waals surface area contributed by atoms with Gasteiger partial charge in [-0.25, -0.2) is 19.4 Å². The summed E-state index contributed by atoms with van der Waals surface area (Å²) >= 11 is 0. The van der Waals surface area contributed by atoms with Crippen LogP contribution in [0.1, 0.15) is 45.2 Å². The fourth-order valence-corrected chi connectivity index (χ4v) is 3.80. The van der Waals surface area contributed by atoms with Crippen molar-refractivity contribution in [1.29, 1.82) is 5.26 Å². The molecule has 3 aromatic rings. The highest BCUT2D eigenvalue weighted by atomic mass is 16.6. The number of fused-ring (bicyclic) bond motifs is 1. The molecule has 1 atom stereocenters. The minimum Gasteiger partial charge on any atom is -0.444 e. The average Bonchev–Trinajstić information content (AvgIpc) is 3.14. The van der Waals surface area contributed by atoms with Gasteiger partial charge in [-0.15, -0.1) is 0 Å². The molecule has 9 heteroatoms. The maximum atomic E-state index is 12.6. The summed E-state index contributed by atoms with van der Waals surface area (Å²) in [6, 6.07) is 9.21. The summed E-state index contributed by atoms with van der Waals surface area (Å²) < 4.78 is 7.39. The number of piperidine rings is 1. The fraction of sp³-hybridized carbons (Fsp3) is 0.409. The zero-order chi connectivity index (χ0) is 22.2. The van der Waals surface area contributed by atoms with Gasteiger partial charge in [-0.1, -0.05) is 12.1 Å². The van der Waals surface area contributed by atoms with E-state index in [0.717, 1.165) is 18.4 Å². The minimum atomic E-state index is -0.549. The van der Waals surface area contributed by atoms with Crippen molar-refractivity contribution in [3.8, 4) is 17.3 Å². The topological polar surface area (TPSA) is 123 Å². The maximum Gasteiger partial charge on any atom is 0.410 e. The maximum absolute atomic E-state index is 12.6. The molecule has 1 aromatic carbocycles. The fourth-order valence-electron chi connectivity index (χ4n) is 3.80. The van der Waals surface area contributed by atoms with Crippen molar-refractivity contribution in [2.75, 3.05) is 18.8 Å². The molecule has 1 saturated heterocycles. The van der Waals surface area contributed by atoms with E-state index in [4.69, 9.17) is 20.8 Å². The lowest BCUT2D eigenvalue weighted by atomic mass is 10.1. The summed E-state index contributed by atoms with van der Waals surface area (Å²) in [5.41, 5.74) is 8.32. The smallest absolute Gasteiger partial charge is 0.410 e. The summed E-state index contributed by atoms with van der Waals surface area (Å²) in [7, 11) is 0. The third-order valence-corrected chi connectivity index (χ3v) is 5.20. The number of nitrogens with two attached hydrogens (primary N) is 1. The lowest BCUT2D eigenvalue weighted by Gasteiger charge is -2.34. The van der Waals surface area contributed by atoms with E-state index >= 15 is 0 Å². The number of carbonyl (C=O) groups is 1. The lowest BCUT2D eigenvalue weighted by Crippen LogP contribution is -2.43. The van der Waals surface area contributed by atoms with Gasteiger partial charge in [-0.3, -0.25) is 0 Å². The van der Waals surface area contributed by atoms with Gasteiger partial charge in [-0.2, -0.15) is 10.4 Å². The summed E-state index contributed by atoms with van der Waals surface area (Å²) in [5, 5.41) is 14.6. The Labute approximate surface area is 180 Å². The number of nitrogen functional groups attached to an aromatic ring is 1. The minimum absolute atomic E-state index is 0.0646. The highest BCUT2D eigenvalue weighted by molar-refractivity contribution is 5.98. The first-order chi connectivity index (χ1) is 14.8. The number of hydrogen-bond acceptors (Lipinski definition) is 7. The number of hydrogen-bond donors (Lipinski definition) is 1. The number of ether oxygens (including phenoxy) is 1. The van der Waals surface area contributed by atoms with E-state index in [2.05, 4.69) is 16.0 Å². The second kappa shape index (κ2) is 7.87. The van der Waals surface area contributed by atoms with Crippen LogP contribution in [0.2, 0.25) is 0 Å².